The SMILES string of the molecule is COc1ccc2[nH]c([S+]([O-])Cc3ccccc3N3CCCC3)nc2c1. The van der Waals surface area contributed by atoms with E-state index in [0.717, 1.165) is 35.4 Å². The molecule has 3 aromatic rings. The third kappa shape index (κ3) is 3.32. The molecule has 1 aliphatic rings. The zero-order valence-corrected chi connectivity index (χ0v) is 15.0. The lowest BCUT2D eigenvalue weighted by atomic mass is 10.2. The van der Waals surface area contributed by atoms with Gasteiger partial charge < -0.3 is 14.2 Å². The van der Waals surface area contributed by atoms with E-state index >= 15 is 0 Å². The number of benzene rings is 2. The normalized spacial score (nSPS) is 15.7. The Hall–Kier alpha value is -2.18. The van der Waals surface area contributed by atoms with E-state index in [4.69, 9.17) is 4.74 Å². The summed E-state index contributed by atoms with van der Waals surface area (Å²) >= 11 is -1.22. The predicted molar refractivity (Wildman–Crippen MR) is 101 cm³/mol. The molecule has 5 nitrogen and oxygen atoms in total. The zero-order valence-electron chi connectivity index (χ0n) is 14.2. The molecule has 0 amide bonds. The van der Waals surface area contributed by atoms with Crippen molar-refractivity contribution in [1.29, 1.82) is 0 Å². The van der Waals surface area contributed by atoms with Gasteiger partial charge in [-0.2, -0.15) is 4.98 Å². The number of fused-ring (bicyclic) bond motifs is 1. The second-order valence-electron chi connectivity index (χ2n) is 6.24. The highest BCUT2D eigenvalue weighted by Crippen LogP contribution is 2.28. The molecule has 0 spiro atoms. The van der Waals surface area contributed by atoms with Gasteiger partial charge in [0.05, 0.1) is 18.1 Å². The van der Waals surface area contributed by atoms with Crippen LogP contribution in [-0.4, -0.2) is 34.7 Å². The Balaban J connectivity index is 1.59. The molecule has 1 aliphatic heterocycles. The van der Waals surface area contributed by atoms with Gasteiger partial charge in [-0.3, -0.25) is 4.98 Å². The van der Waals surface area contributed by atoms with Gasteiger partial charge in [0.25, 0.3) is 0 Å². The lowest BCUT2D eigenvalue weighted by Crippen LogP contribution is -2.20. The van der Waals surface area contributed by atoms with Crippen molar-refractivity contribution in [1.82, 2.24) is 9.97 Å². The van der Waals surface area contributed by atoms with Crippen LogP contribution in [0.15, 0.2) is 47.6 Å². The van der Waals surface area contributed by atoms with Gasteiger partial charge in [-0.05, 0) is 31.0 Å². The summed E-state index contributed by atoms with van der Waals surface area (Å²) in [5, 5.41) is 0.513. The number of hydrogen-bond donors (Lipinski definition) is 1. The minimum atomic E-state index is -1.22. The number of hydrogen-bond acceptors (Lipinski definition) is 4. The predicted octanol–water partition coefficient (Wildman–Crippen LogP) is 3.48. The Bertz CT molecular complexity index is 874. The molecule has 0 aliphatic carbocycles. The van der Waals surface area contributed by atoms with Crippen molar-refractivity contribution in [2.24, 2.45) is 0 Å². The van der Waals surface area contributed by atoms with Crippen molar-refractivity contribution < 1.29 is 9.29 Å². The van der Waals surface area contributed by atoms with E-state index < -0.39 is 11.2 Å². The van der Waals surface area contributed by atoms with Gasteiger partial charge in [0.2, 0.25) is 0 Å². The minimum absolute atomic E-state index is 0.462. The fraction of sp³-hybridized carbons (Fsp3) is 0.316. The number of anilines is 1. The Morgan fingerprint density at radius 1 is 1.20 bits per heavy atom. The lowest BCUT2D eigenvalue weighted by Gasteiger charge is -2.21. The van der Waals surface area contributed by atoms with Crippen LogP contribution in [0.5, 0.6) is 5.75 Å². The molecule has 1 atom stereocenters. The molecule has 6 heteroatoms. The van der Waals surface area contributed by atoms with Crippen molar-refractivity contribution in [3.8, 4) is 5.75 Å². The Labute approximate surface area is 150 Å². The molecule has 2 aromatic carbocycles. The molecule has 2 heterocycles. The van der Waals surface area contributed by atoms with Crippen molar-refractivity contribution in [2.75, 3.05) is 25.1 Å². The molecule has 0 saturated carbocycles. The number of para-hydroxylation sites is 1. The summed E-state index contributed by atoms with van der Waals surface area (Å²) in [4.78, 5) is 10.1. The number of H-pyrrole nitrogens is 1. The first-order valence-electron chi connectivity index (χ1n) is 8.49. The second-order valence-corrected chi connectivity index (χ2v) is 7.60. The summed E-state index contributed by atoms with van der Waals surface area (Å²) in [5.41, 5.74) is 3.96. The van der Waals surface area contributed by atoms with Crippen LogP contribution in [0.4, 0.5) is 5.69 Å². The molecule has 1 N–H and O–H groups in total. The molecular weight excluding hydrogens is 334 g/mol. The standard InChI is InChI=1S/C19H21N3O2S/c1-24-15-8-9-16-17(12-15)21-19(20-16)25(23)13-14-6-2-3-7-18(14)22-10-4-5-11-22/h2-3,6-9,12H,4-5,10-11,13H2,1H3,(H,20,21). The van der Waals surface area contributed by atoms with E-state index in [1.54, 1.807) is 7.11 Å². The maximum Gasteiger partial charge on any atom is 0.321 e. The average molecular weight is 355 g/mol. The van der Waals surface area contributed by atoms with Crippen LogP contribution in [-0.2, 0) is 16.9 Å². The molecule has 0 radical (unpaired) electrons. The van der Waals surface area contributed by atoms with Crippen molar-refractivity contribution >= 4 is 27.9 Å². The minimum Gasteiger partial charge on any atom is -0.609 e. The summed E-state index contributed by atoms with van der Waals surface area (Å²) < 4.78 is 18.1. The largest absolute Gasteiger partial charge is 0.609 e. The molecule has 1 fully saturated rings. The number of rotatable bonds is 5. The van der Waals surface area contributed by atoms with Crippen LogP contribution in [0, 0.1) is 0 Å². The fourth-order valence-electron chi connectivity index (χ4n) is 3.31. The molecule has 4 rings (SSSR count). The first-order chi connectivity index (χ1) is 12.2. The van der Waals surface area contributed by atoms with Gasteiger partial charge in [-0.25, -0.2) is 0 Å². The maximum atomic E-state index is 12.9. The van der Waals surface area contributed by atoms with Gasteiger partial charge in [-0.15, -0.1) is 0 Å². The Morgan fingerprint density at radius 3 is 2.80 bits per heavy atom. The van der Waals surface area contributed by atoms with Crippen molar-refractivity contribution in [2.45, 2.75) is 23.8 Å². The fourth-order valence-corrected chi connectivity index (χ4v) is 4.39. The third-order valence-corrected chi connectivity index (χ3v) is 5.81. The molecule has 130 valence electrons. The van der Waals surface area contributed by atoms with Crippen LogP contribution in [0.25, 0.3) is 11.0 Å². The molecular formula is C19H21N3O2S. The number of aromatic amines is 1. The van der Waals surface area contributed by atoms with Crippen molar-refractivity contribution in [3.05, 3.63) is 48.0 Å². The first-order valence-corrected chi connectivity index (χ1v) is 9.81. The number of imidazole rings is 1. The number of nitrogens with zero attached hydrogens (tertiary/aromatic N) is 2. The van der Waals surface area contributed by atoms with E-state index in [1.165, 1.54) is 18.5 Å². The molecule has 1 unspecified atom stereocenters. The highest BCUT2D eigenvalue weighted by Gasteiger charge is 2.22. The van der Waals surface area contributed by atoms with E-state index in [0.29, 0.717) is 10.9 Å². The Morgan fingerprint density at radius 2 is 2.00 bits per heavy atom. The molecule has 0 bridgehead atoms. The summed E-state index contributed by atoms with van der Waals surface area (Å²) in [6.45, 7) is 2.15. The first kappa shape index (κ1) is 16.3. The van der Waals surface area contributed by atoms with E-state index in [2.05, 4.69) is 27.0 Å². The van der Waals surface area contributed by atoms with Gasteiger partial charge in [0, 0.05) is 41.6 Å². The zero-order chi connectivity index (χ0) is 17.2. The van der Waals surface area contributed by atoms with Crippen molar-refractivity contribution in [3.63, 3.8) is 0 Å². The quantitative estimate of drug-likeness (QED) is 0.712. The third-order valence-electron chi connectivity index (χ3n) is 4.61. The maximum absolute atomic E-state index is 12.9. The smallest absolute Gasteiger partial charge is 0.321 e. The van der Waals surface area contributed by atoms with Gasteiger partial charge >= 0.3 is 5.16 Å². The monoisotopic (exact) mass is 355 g/mol. The average Bonchev–Trinajstić information content (AvgIpc) is 3.31. The molecule has 25 heavy (non-hydrogen) atoms. The van der Waals surface area contributed by atoms with Crippen LogP contribution in [0.3, 0.4) is 0 Å². The highest BCUT2D eigenvalue weighted by molar-refractivity contribution is 7.90. The van der Waals surface area contributed by atoms with Gasteiger partial charge in [0.1, 0.15) is 11.5 Å². The molecule has 1 saturated heterocycles. The van der Waals surface area contributed by atoms with Gasteiger partial charge in [-0.1, -0.05) is 18.2 Å². The summed E-state index contributed by atoms with van der Waals surface area (Å²) in [5.74, 6) is 1.21. The summed E-state index contributed by atoms with van der Waals surface area (Å²) in [6.07, 6.45) is 2.45. The van der Waals surface area contributed by atoms with Crippen LogP contribution < -0.4 is 9.64 Å². The number of ether oxygens (including phenoxy) is 1. The van der Waals surface area contributed by atoms with E-state index in [9.17, 15) is 4.55 Å². The second kappa shape index (κ2) is 6.98. The van der Waals surface area contributed by atoms with Crippen LogP contribution in [0.1, 0.15) is 18.4 Å². The van der Waals surface area contributed by atoms with Crippen LogP contribution in [0.2, 0.25) is 0 Å². The lowest BCUT2D eigenvalue weighted by molar-refractivity contribution is 0.415. The summed E-state index contributed by atoms with van der Waals surface area (Å²) in [7, 11) is 1.63. The number of nitrogens with one attached hydrogen (secondary N) is 1. The Kier molecular flexibility index (Phi) is 4.55. The van der Waals surface area contributed by atoms with E-state index in [1.807, 2.05) is 30.3 Å². The number of methoxy groups -OCH3 is 1. The number of aromatic nitrogens is 2. The summed E-state index contributed by atoms with van der Waals surface area (Å²) in [6, 6.07) is 13.9. The van der Waals surface area contributed by atoms with E-state index in [-0.39, 0.29) is 0 Å². The van der Waals surface area contributed by atoms with Crippen LogP contribution >= 0.6 is 0 Å². The highest BCUT2D eigenvalue weighted by atomic mass is 32.2. The molecule has 1 aromatic heterocycles. The topological polar surface area (TPSA) is 64.2 Å². The van der Waals surface area contributed by atoms with Gasteiger partial charge in [0.15, 0.2) is 0 Å².